The number of amides is 2. The van der Waals surface area contributed by atoms with Gasteiger partial charge in [-0.25, -0.2) is 0 Å². The Morgan fingerprint density at radius 1 is 1.04 bits per heavy atom. The van der Waals surface area contributed by atoms with Gasteiger partial charge < -0.3 is 10.6 Å². The van der Waals surface area contributed by atoms with Gasteiger partial charge in [-0.05, 0) is 43.9 Å². The van der Waals surface area contributed by atoms with Gasteiger partial charge in [0.1, 0.15) is 0 Å². The Morgan fingerprint density at radius 3 is 2.28 bits per heavy atom. The highest BCUT2D eigenvalue weighted by molar-refractivity contribution is 5.94. The summed E-state index contributed by atoms with van der Waals surface area (Å²) < 4.78 is 0. The number of rotatable bonds is 4. The van der Waals surface area contributed by atoms with Gasteiger partial charge in [-0.1, -0.05) is 24.3 Å². The molecule has 1 aliphatic rings. The molecule has 130 valence electrons. The second kappa shape index (κ2) is 7.47. The van der Waals surface area contributed by atoms with Crippen molar-refractivity contribution in [1.82, 2.24) is 9.88 Å². The number of benzene rings is 1. The van der Waals surface area contributed by atoms with Crippen LogP contribution in [0.3, 0.4) is 0 Å². The molecule has 1 atom stereocenters. The zero-order chi connectivity index (χ0) is 17.8. The molecule has 2 heterocycles. The summed E-state index contributed by atoms with van der Waals surface area (Å²) in [4.78, 5) is 30.1. The van der Waals surface area contributed by atoms with Crippen LogP contribution in [0.1, 0.15) is 48.0 Å². The van der Waals surface area contributed by atoms with E-state index in [1.54, 1.807) is 13.1 Å². The Kier molecular flexibility index (Phi) is 5.12. The lowest BCUT2D eigenvalue weighted by molar-refractivity contribution is -0.119. The van der Waals surface area contributed by atoms with Gasteiger partial charge in [-0.2, -0.15) is 0 Å². The third-order valence-electron chi connectivity index (χ3n) is 4.79. The summed E-state index contributed by atoms with van der Waals surface area (Å²) in [7, 11) is 0. The predicted octanol–water partition coefficient (Wildman–Crippen LogP) is 2.96. The van der Waals surface area contributed by atoms with Gasteiger partial charge in [0.25, 0.3) is 5.91 Å². The van der Waals surface area contributed by atoms with E-state index in [9.17, 15) is 9.59 Å². The van der Waals surface area contributed by atoms with E-state index in [-0.39, 0.29) is 17.7 Å². The molecule has 0 radical (unpaired) electrons. The van der Waals surface area contributed by atoms with Gasteiger partial charge >= 0.3 is 0 Å². The lowest BCUT2D eigenvalue weighted by atomic mass is 9.98. The second-order valence-electron chi connectivity index (χ2n) is 6.53. The first-order chi connectivity index (χ1) is 12.1. The number of hydrogen-bond donors (Lipinski definition) is 1. The summed E-state index contributed by atoms with van der Waals surface area (Å²) in [6, 6.07) is 11.3. The SMILES string of the molecule is CC(C(N)=O)c1ccc(-c2ccc(C(=O)N3CCCCC3)cn2)cc1. The molecule has 3 rings (SSSR count). The second-order valence-corrected chi connectivity index (χ2v) is 6.53. The van der Waals surface area contributed by atoms with Crippen molar-refractivity contribution >= 4 is 11.8 Å². The number of nitrogens with zero attached hydrogens (tertiary/aromatic N) is 2. The summed E-state index contributed by atoms with van der Waals surface area (Å²) >= 11 is 0. The molecule has 1 aromatic heterocycles. The molecule has 0 bridgehead atoms. The van der Waals surface area contributed by atoms with E-state index < -0.39 is 0 Å². The van der Waals surface area contributed by atoms with Crippen molar-refractivity contribution in [1.29, 1.82) is 0 Å². The largest absolute Gasteiger partial charge is 0.369 e. The van der Waals surface area contributed by atoms with Crippen LogP contribution < -0.4 is 5.73 Å². The minimum absolute atomic E-state index is 0.0596. The maximum Gasteiger partial charge on any atom is 0.255 e. The molecule has 2 N–H and O–H groups in total. The molecule has 1 aromatic carbocycles. The Labute approximate surface area is 147 Å². The minimum Gasteiger partial charge on any atom is -0.369 e. The molecule has 0 aliphatic carbocycles. The van der Waals surface area contributed by atoms with E-state index in [4.69, 9.17) is 5.73 Å². The summed E-state index contributed by atoms with van der Waals surface area (Å²) in [5.41, 5.74) is 8.59. The van der Waals surface area contributed by atoms with Gasteiger partial charge in [0.2, 0.25) is 5.91 Å². The number of primary amides is 1. The van der Waals surface area contributed by atoms with E-state index in [0.29, 0.717) is 5.56 Å². The quantitative estimate of drug-likeness (QED) is 0.932. The lowest BCUT2D eigenvalue weighted by Gasteiger charge is -2.26. The van der Waals surface area contributed by atoms with Crippen LogP contribution in [0.2, 0.25) is 0 Å². The van der Waals surface area contributed by atoms with Crippen molar-refractivity contribution in [2.24, 2.45) is 5.73 Å². The summed E-state index contributed by atoms with van der Waals surface area (Å²) in [5, 5.41) is 0. The number of hydrogen-bond acceptors (Lipinski definition) is 3. The van der Waals surface area contributed by atoms with Crippen LogP contribution in [-0.2, 0) is 4.79 Å². The van der Waals surface area contributed by atoms with Crippen molar-refractivity contribution in [3.63, 3.8) is 0 Å². The number of aromatic nitrogens is 1. The molecule has 0 spiro atoms. The van der Waals surface area contributed by atoms with Crippen molar-refractivity contribution in [3.8, 4) is 11.3 Å². The first kappa shape index (κ1) is 17.1. The Morgan fingerprint density at radius 2 is 1.72 bits per heavy atom. The molecular formula is C20H23N3O2. The van der Waals surface area contributed by atoms with Crippen molar-refractivity contribution in [2.75, 3.05) is 13.1 Å². The van der Waals surface area contributed by atoms with E-state index in [0.717, 1.165) is 42.8 Å². The standard InChI is InChI=1S/C20H23N3O2/c1-14(19(21)24)15-5-7-16(8-6-15)18-10-9-17(13-22-18)20(25)23-11-3-2-4-12-23/h5-10,13-14H,2-4,11-12H2,1H3,(H2,21,24). The van der Waals surface area contributed by atoms with Crippen LogP contribution >= 0.6 is 0 Å². The fraction of sp³-hybridized carbons (Fsp3) is 0.350. The maximum atomic E-state index is 12.5. The normalized spacial score (nSPS) is 15.6. The Hall–Kier alpha value is -2.69. The summed E-state index contributed by atoms with van der Waals surface area (Å²) in [6.45, 7) is 3.46. The summed E-state index contributed by atoms with van der Waals surface area (Å²) in [5.74, 6) is -0.595. The highest BCUT2D eigenvalue weighted by atomic mass is 16.2. The molecule has 5 nitrogen and oxygen atoms in total. The zero-order valence-corrected chi connectivity index (χ0v) is 14.4. The molecule has 25 heavy (non-hydrogen) atoms. The zero-order valence-electron chi connectivity index (χ0n) is 14.4. The van der Waals surface area contributed by atoms with Gasteiger partial charge in [0.05, 0.1) is 17.2 Å². The molecule has 1 fully saturated rings. The minimum atomic E-state index is -0.341. The van der Waals surface area contributed by atoms with Gasteiger partial charge in [-0.3, -0.25) is 14.6 Å². The van der Waals surface area contributed by atoms with Crippen LogP contribution in [0.4, 0.5) is 0 Å². The number of carbonyl (C=O) groups excluding carboxylic acids is 2. The Bertz CT molecular complexity index is 748. The van der Waals surface area contributed by atoms with E-state index in [2.05, 4.69) is 4.98 Å². The molecule has 5 heteroatoms. The third-order valence-corrected chi connectivity index (χ3v) is 4.79. The first-order valence-electron chi connectivity index (χ1n) is 8.71. The highest BCUT2D eigenvalue weighted by Crippen LogP contribution is 2.22. The smallest absolute Gasteiger partial charge is 0.255 e. The third kappa shape index (κ3) is 3.87. The van der Waals surface area contributed by atoms with Crippen molar-refractivity contribution in [3.05, 3.63) is 53.7 Å². The van der Waals surface area contributed by atoms with E-state index in [1.165, 1.54) is 6.42 Å². The van der Waals surface area contributed by atoms with E-state index in [1.807, 2.05) is 41.3 Å². The molecule has 1 unspecified atom stereocenters. The van der Waals surface area contributed by atoms with Crippen LogP contribution in [-0.4, -0.2) is 34.8 Å². The Balaban J connectivity index is 1.73. The fourth-order valence-corrected chi connectivity index (χ4v) is 3.08. The summed E-state index contributed by atoms with van der Waals surface area (Å²) in [6.07, 6.45) is 5.00. The van der Waals surface area contributed by atoms with Crippen LogP contribution in [0.5, 0.6) is 0 Å². The number of nitrogens with two attached hydrogens (primary N) is 1. The highest BCUT2D eigenvalue weighted by Gasteiger charge is 2.18. The number of piperidine rings is 1. The van der Waals surface area contributed by atoms with Gasteiger partial charge in [0, 0.05) is 24.8 Å². The molecule has 0 saturated carbocycles. The average molecular weight is 337 g/mol. The molecule has 2 aromatic rings. The number of likely N-dealkylation sites (tertiary alicyclic amines) is 1. The topological polar surface area (TPSA) is 76.3 Å². The maximum absolute atomic E-state index is 12.5. The monoisotopic (exact) mass is 337 g/mol. The number of carbonyl (C=O) groups is 2. The molecule has 1 saturated heterocycles. The molecule has 2 amide bonds. The average Bonchev–Trinajstić information content (AvgIpc) is 2.67. The fourth-order valence-electron chi connectivity index (χ4n) is 3.08. The number of pyridine rings is 1. The van der Waals surface area contributed by atoms with Gasteiger partial charge in [-0.15, -0.1) is 0 Å². The van der Waals surface area contributed by atoms with Gasteiger partial charge in [0.15, 0.2) is 0 Å². The molecule has 1 aliphatic heterocycles. The van der Waals surface area contributed by atoms with Crippen molar-refractivity contribution < 1.29 is 9.59 Å². The first-order valence-corrected chi connectivity index (χ1v) is 8.71. The van der Waals surface area contributed by atoms with Crippen molar-refractivity contribution in [2.45, 2.75) is 32.1 Å². The predicted molar refractivity (Wildman–Crippen MR) is 97.0 cm³/mol. The van der Waals surface area contributed by atoms with Crippen LogP contribution in [0.15, 0.2) is 42.6 Å². The van der Waals surface area contributed by atoms with Crippen LogP contribution in [0.25, 0.3) is 11.3 Å². The molecular weight excluding hydrogens is 314 g/mol. The van der Waals surface area contributed by atoms with E-state index >= 15 is 0 Å². The lowest BCUT2D eigenvalue weighted by Crippen LogP contribution is -2.35. The van der Waals surface area contributed by atoms with Crippen LogP contribution in [0, 0.1) is 0 Å².